The molecule has 80 valence electrons. The molecule has 0 aliphatic rings. The molecule has 0 radical (unpaired) electrons. The van der Waals surface area contributed by atoms with Crippen molar-refractivity contribution < 1.29 is 8.78 Å². The molecule has 2 N–H and O–H groups in total. The quantitative estimate of drug-likeness (QED) is 0.821. The summed E-state index contributed by atoms with van der Waals surface area (Å²) >= 11 is 1.58. The lowest BCUT2D eigenvalue weighted by Crippen LogP contribution is -2.23. The van der Waals surface area contributed by atoms with E-state index in [1.54, 1.807) is 23.3 Å². The van der Waals surface area contributed by atoms with Crippen molar-refractivity contribution in [3.8, 4) is 0 Å². The molecule has 0 fully saturated rings. The molecule has 0 atom stereocenters. The molecule has 0 spiro atoms. The largest absolute Gasteiger partial charge is 0.326 e. The summed E-state index contributed by atoms with van der Waals surface area (Å²) in [6.45, 7) is 0.897. The second kappa shape index (κ2) is 5.38. The third-order valence-corrected chi connectivity index (χ3v) is 2.89. The van der Waals surface area contributed by atoms with Crippen LogP contribution in [-0.4, -0.2) is 24.9 Å². The first-order valence-electron chi connectivity index (χ1n) is 4.36. The molecule has 5 heteroatoms. The minimum Gasteiger partial charge on any atom is -0.326 e. The Labute approximate surface area is 86.3 Å². The maximum Gasteiger partial charge on any atom is 0.251 e. The lowest BCUT2D eigenvalue weighted by atomic mass is 10.4. The van der Waals surface area contributed by atoms with E-state index < -0.39 is 6.43 Å². The molecule has 0 aromatic carbocycles. The topological polar surface area (TPSA) is 29.3 Å². The molecular formula is C9H14F2N2S. The van der Waals surface area contributed by atoms with E-state index in [1.807, 2.05) is 12.1 Å². The second-order valence-corrected chi connectivity index (χ2v) is 4.41. The Morgan fingerprint density at radius 1 is 1.43 bits per heavy atom. The molecule has 0 saturated heterocycles. The van der Waals surface area contributed by atoms with Gasteiger partial charge in [0.25, 0.3) is 6.43 Å². The summed E-state index contributed by atoms with van der Waals surface area (Å²) in [4.78, 5) is 3.77. The van der Waals surface area contributed by atoms with E-state index in [2.05, 4.69) is 0 Å². The van der Waals surface area contributed by atoms with Crippen molar-refractivity contribution in [3.05, 3.63) is 21.9 Å². The minimum absolute atomic E-state index is 0.185. The van der Waals surface area contributed by atoms with E-state index in [9.17, 15) is 8.78 Å². The van der Waals surface area contributed by atoms with Crippen LogP contribution in [0.25, 0.3) is 0 Å². The number of hydrogen-bond acceptors (Lipinski definition) is 3. The lowest BCUT2D eigenvalue weighted by Gasteiger charge is -2.14. The van der Waals surface area contributed by atoms with E-state index in [0.29, 0.717) is 13.1 Å². The molecule has 1 aromatic heterocycles. The Hall–Kier alpha value is -0.520. The van der Waals surface area contributed by atoms with E-state index in [0.717, 1.165) is 9.75 Å². The Morgan fingerprint density at radius 2 is 2.07 bits per heavy atom. The van der Waals surface area contributed by atoms with E-state index in [-0.39, 0.29) is 6.54 Å². The molecule has 1 heterocycles. The summed E-state index contributed by atoms with van der Waals surface area (Å²) in [5.41, 5.74) is 5.45. The number of nitrogens with zero attached hydrogens (tertiary/aromatic N) is 1. The Kier molecular flexibility index (Phi) is 4.44. The zero-order chi connectivity index (χ0) is 10.6. The molecule has 0 unspecified atom stereocenters. The summed E-state index contributed by atoms with van der Waals surface area (Å²) in [6, 6.07) is 3.88. The van der Waals surface area contributed by atoms with Gasteiger partial charge in [0.05, 0.1) is 6.54 Å². The molecule has 2 nitrogen and oxygen atoms in total. The zero-order valence-corrected chi connectivity index (χ0v) is 8.86. The van der Waals surface area contributed by atoms with E-state index in [1.165, 1.54) is 0 Å². The molecule has 0 aliphatic heterocycles. The SMILES string of the molecule is CN(Cc1ccc(CN)s1)CC(F)F. The molecule has 0 aliphatic carbocycles. The van der Waals surface area contributed by atoms with Gasteiger partial charge in [-0.2, -0.15) is 0 Å². The standard InChI is InChI=1S/C9H14F2N2S/c1-13(6-9(10)11)5-8-3-2-7(4-12)14-8/h2-3,9H,4-6,12H2,1H3. The van der Waals surface area contributed by atoms with Crippen LogP contribution in [0, 0.1) is 0 Å². The average molecular weight is 220 g/mol. The molecule has 0 amide bonds. The fourth-order valence-corrected chi connectivity index (χ4v) is 2.16. The predicted molar refractivity (Wildman–Crippen MR) is 54.5 cm³/mol. The van der Waals surface area contributed by atoms with Gasteiger partial charge in [-0.15, -0.1) is 11.3 Å². The third-order valence-electron chi connectivity index (χ3n) is 1.79. The number of rotatable bonds is 5. The van der Waals surface area contributed by atoms with Crippen molar-refractivity contribution in [2.24, 2.45) is 5.73 Å². The first-order chi connectivity index (χ1) is 6.61. The number of thiophene rings is 1. The molecule has 0 saturated carbocycles. The Balaban J connectivity index is 2.43. The van der Waals surface area contributed by atoms with Gasteiger partial charge in [-0.3, -0.25) is 4.90 Å². The van der Waals surface area contributed by atoms with E-state index in [4.69, 9.17) is 5.73 Å². The Morgan fingerprint density at radius 3 is 2.57 bits per heavy atom. The van der Waals surface area contributed by atoms with Gasteiger partial charge in [0.15, 0.2) is 0 Å². The highest BCUT2D eigenvalue weighted by Crippen LogP contribution is 2.17. The second-order valence-electron chi connectivity index (χ2n) is 3.16. The van der Waals surface area contributed by atoms with Crippen LogP contribution >= 0.6 is 11.3 Å². The van der Waals surface area contributed by atoms with Gasteiger partial charge < -0.3 is 5.73 Å². The molecule has 14 heavy (non-hydrogen) atoms. The van der Waals surface area contributed by atoms with Gasteiger partial charge in [0, 0.05) is 22.8 Å². The molecule has 1 rings (SSSR count). The minimum atomic E-state index is -2.27. The summed E-state index contributed by atoms with van der Waals surface area (Å²) in [7, 11) is 1.69. The van der Waals surface area contributed by atoms with Gasteiger partial charge in [-0.05, 0) is 19.2 Å². The van der Waals surface area contributed by atoms with Crippen molar-refractivity contribution in [1.29, 1.82) is 0 Å². The smallest absolute Gasteiger partial charge is 0.251 e. The first kappa shape index (κ1) is 11.6. The number of nitrogens with two attached hydrogens (primary N) is 1. The number of hydrogen-bond donors (Lipinski definition) is 1. The summed E-state index contributed by atoms with van der Waals surface area (Å²) in [5.74, 6) is 0. The van der Waals surface area contributed by atoms with Crippen LogP contribution in [0.2, 0.25) is 0 Å². The predicted octanol–water partition coefficient (Wildman–Crippen LogP) is 1.90. The summed E-state index contributed by atoms with van der Waals surface area (Å²) in [6.07, 6.45) is -2.27. The average Bonchev–Trinajstić information content (AvgIpc) is 2.50. The molecule has 1 aromatic rings. The van der Waals surface area contributed by atoms with Crippen LogP contribution in [0.1, 0.15) is 9.75 Å². The highest BCUT2D eigenvalue weighted by molar-refractivity contribution is 7.11. The highest BCUT2D eigenvalue weighted by atomic mass is 32.1. The first-order valence-corrected chi connectivity index (χ1v) is 5.18. The fraction of sp³-hybridized carbons (Fsp3) is 0.556. The van der Waals surface area contributed by atoms with Gasteiger partial charge in [0.2, 0.25) is 0 Å². The molecule has 0 bridgehead atoms. The van der Waals surface area contributed by atoms with Gasteiger partial charge in [-0.25, -0.2) is 8.78 Å². The van der Waals surface area contributed by atoms with Crippen LogP contribution in [0.15, 0.2) is 12.1 Å². The maximum absolute atomic E-state index is 12.0. The van der Waals surface area contributed by atoms with E-state index >= 15 is 0 Å². The van der Waals surface area contributed by atoms with Crippen molar-refractivity contribution >= 4 is 11.3 Å². The number of alkyl halides is 2. The summed E-state index contributed by atoms with van der Waals surface area (Å²) < 4.78 is 24.0. The lowest BCUT2D eigenvalue weighted by molar-refractivity contribution is 0.0979. The van der Waals surface area contributed by atoms with Gasteiger partial charge in [0.1, 0.15) is 0 Å². The van der Waals surface area contributed by atoms with Crippen molar-refractivity contribution in [3.63, 3.8) is 0 Å². The van der Waals surface area contributed by atoms with Crippen molar-refractivity contribution in [2.45, 2.75) is 19.5 Å². The van der Waals surface area contributed by atoms with Crippen LogP contribution in [0.4, 0.5) is 8.78 Å². The Bertz CT molecular complexity index is 276. The fourth-order valence-electron chi connectivity index (χ4n) is 1.18. The summed E-state index contributed by atoms with van der Waals surface area (Å²) in [5, 5.41) is 0. The normalized spacial score (nSPS) is 11.6. The van der Waals surface area contributed by atoms with Gasteiger partial charge >= 0.3 is 0 Å². The monoisotopic (exact) mass is 220 g/mol. The van der Waals surface area contributed by atoms with Crippen molar-refractivity contribution in [1.82, 2.24) is 4.90 Å². The van der Waals surface area contributed by atoms with Crippen LogP contribution in [-0.2, 0) is 13.1 Å². The maximum atomic E-state index is 12.0. The van der Waals surface area contributed by atoms with Crippen LogP contribution in [0.5, 0.6) is 0 Å². The number of halogens is 2. The molecular weight excluding hydrogens is 206 g/mol. The van der Waals surface area contributed by atoms with Crippen LogP contribution < -0.4 is 5.73 Å². The van der Waals surface area contributed by atoms with Gasteiger partial charge in [-0.1, -0.05) is 0 Å². The van der Waals surface area contributed by atoms with Crippen molar-refractivity contribution in [2.75, 3.05) is 13.6 Å². The third kappa shape index (κ3) is 3.69. The zero-order valence-electron chi connectivity index (χ0n) is 8.04. The van der Waals surface area contributed by atoms with Crippen LogP contribution in [0.3, 0.4) is 0 Å². The highest BCUT2D eigenvalue weighted by Gasteiger charge is 2.08.